The molecule has 7 heteroatoms. The molecule has 1 atom stereocenters. The van der Waals surface area contributed by atoms with Crippen molar-refractivity contribution in [2.45, 2.75) is 39.3 Å². The SMILES string of the molecule is COc1cccc(N2CCN(C(=O)[C@H]3CCCN(Cc4nc5ccccc5n4C(C)C)C3)CC2)c1. The molecule has 0 radical (unpaired) electrons. The first-order chi connectivity index (χ1) is 17.0. The van der Waals surface area contributed by atoms with E-state index in [1.165, 1.54) is 5.52 Å². The summed E-state index contributed by atoms with van der Waals surface area (Å²) in [6, 6.07) is 16.9. The summed E-state index contributed by atoms with van der Waals surface area (Å²) in [7, 11) is 1.70. The van der Waals surface area contributed by atoms with E-state index < -0.39 is 0 Å². The second-order valence-electron chi connectivity index (χ2n) is 10.1. The minimum Gasteiger partial charge on any atom is -0.497 e. The molecular formula is C28H37N5O2. The summed E-state index contributed by atoms with van der Waals surface area (Å²) >= 11 is 0. The number of piperidine rings is 1. The van der Waals surface area contributed by atoms with Gasteiger partial charge in [-0.15, -0.1) is 0 Å². The Morgan fingerprint density at radius 3 is 2.63 bits per heavy atom. The summed E-state index contributed by atoms with van der Waals surface area (Å²) in [6.45, 7) is 10.3. The molecule has 2 aliphatic rings. The van der Waals surface area contributed by atoms with Gasteiger partial charge in [0, 0.05) is 50.5 Å². The Bertz CT molecular complexity index is 1170. The summed E-state index contributed by atoms with van der Waals surface area (Å²) in [4.78, 5) is 25.2. The van der Waals surface area contributed by atoms with Gasteiger partial charge < -0.3 is 19.1 Å². The number of carbonyl (C=O) groups excluding carboxylic acids is 1. The molecule has 0 saturated carbocycles. The highest BCUT2D eigenvalue weighted by Crippen LogP contribution is 2.26. The van der Waals surface area contributed by atoms with Crippen molar-refractivity contribution in [1.82, 2.24) is 19.4 Å². The van der Waals surface area contributed by atoms with E-state index in [1.807, 2.05) is 18.2 Å². The number of likely N-dealkylation sites (tertiary alicyclic amines) is 1. The number of nitrogens with zero attached hydrogens (tertiary/aromatic N) is 5. The molecule has 2 aliphatic heterocycles. The van der Waals surface area contributed by atoms with E-state index >= 15 is 0 Å². The molecular weight excluding hydrogens is 438 g/mol. The quantitative estimate of drug-likeness (QED) is 0.535. The van der Waals surface area contributed by atoms with Gasteiger partial charge >= 0.3 is 0 Å². The minimum atomic E-state index is 0.0731. The Kier molecular flexibility index (Phi) is 6.95. The van der Waals surface area contributed by atoms with Crippen LogP contribution in [0.5, 0.6) is 5.75 Å². The molecule has 0 spiro atoms. The molecule has 5 rings (SSSR count). The lowest BCUT2D eigenvalue weighted by Crippen LogP contribution is -2.52. The smallest absolute Gasteiger partial charge is 0.227 e. The zero-order chi connectivity index (χ0) is 24.4. The van der Waals surface area contributed by atoms with E-state index in [0.717, 1.165) is 81.4 Å². The third-order valence-electron chi connectivity index (χ3n) is 7.41. The van der Waals surface area contributed by atoms with Crippen LogP contribution in [-0.4, -0.2) is 71.6 Å². The van der Waals surface area contributed by atoms with Gasteiger partial charge in [0.1, 0.15) is 11.6 Å². The highest BCUT2D eigenvalue weighted by molar-refractivity contribution is 5.79. The first-order valence-electron chi connectivity index (χ1n) is 12.9. The van der Waals surface area contributed by atoms with Crippen molar-refractivity contribution in [3.63, 3.8) is 0 Å². The van der Waals surface area contributed by atoms with Crippen LogP contribution in [0, 0.1) is 5.92 Å². The fourth-order valence-electron chi connectivity index (χ4n) is 5.63. The average Bonchev–Trinajstić information content (AvgIpc) is 3.26. The molecule has 186 valence electrons. The molecule has 0 aliphatic carbocycles. The summed E-state index contributed by atoms with van der Waals surface area (Å²) in [5, 5.41) is 0. The largest absolute Gasteiger partial charge is 0.497 e. The summed E-state index contributed by atoms with van der Waals surface area (Å²) in [5.74, 6) is 2.36. The van der Waals surface area contributed by atoms with Gasteiger partial charge in [-0.2, -0.15) is 0 Å². The van der Waals surface area contributed by atoms with Crippen LogP contribution in [-0.2, 0) is 11.3 Å². The van der Waals surface area contributed by atoms with Crippen molar-refractivity contribution in [2.24, 2.45) is 5.92 Å². The van der Waals surface area contributed by atoms with Gasteiger partial charge in [-0.25, -0.2) is 4.98 Å². The number of ether oxygens (including phenoxy) is 1. The zero-order valence-corrected chi connectivity index (χ0v) is 21.2. The molecule has 1 aromatic heterocycles. The van der Waals surface area contributed by atoms with Gasteiger partial charge in [-0.3, -0.25) is 9.69 Å². The van der Waals surface area contributed by atoms with Gasteiger partial charge in [0.2, 0.25) is 5.91 Å². The van der Waals surface area contributed by atoms with Crippen molar-refractivity contribution in [3.05, 3.63) is 54.4 Å². The van der Waals surface area contributed by atoms with E-state index in [2.05, 4.69) is 63.4 Å². The Balaban J connectivity index is 1.21. The number of methoxy groups -OCH3 is 1. The third kappa shape index (κ3) is 5.01. The Labute approximate surface area is 208 Å². The number of para-hydroxylation sites is 2. The Morgan fingerprint density at radius 1 is 1.06 bits per heavy atom. The molecule has 2 fully saturated rings. The average molecular weight is 476 g/mol. The van der Waals surface area contributed by atoms with E-state index in [1.54, 1.807) is 7.11 Å². The van der Waals surface area contributed by atoms with Gasteiger partial charge in [-0.1, -0.05) is 18.2 Å². The number of hydrogen-bond acceptors (Lipinski definition) is 5. The van der Waals surface area contributed by atoms with Crippen molar-refractivity contribution in [3.8, 4) is 5.75 Å². The van der Waals surface area contributed by atoms with Crippen molar-refractivity contribution in [1.29, 1.82) is 0 Å². The maximum atomic E-state index is 13.5. The van der Waals surface area contributed by atoms with Crippen LogP contribution in [0.4, 0.5) is 5.69 Å². The third-order valence-corrected chi connectivity index (χ3v) is 7.41. The van der Waals surface area contributed by atoms with Crippen LogP contribution in [0.15, 0.2) is 48.5 Å². The number of benzene rings is 2. The minimum absolute atomic E-state index is 0.0731. The van der Waals surface area contributed by atoms with E-state index in [9.17, 15) is 4.79 Å². The number of rotatable bonds is 6. The highest BCUT2D eigenvalue weighted by atomic mass is 16.5. The van der Waals surface area contributed by atoms with Gasteiger partial charge in [-0.05, 0) is 57.5 Å². The molecule has 7 nitrogen and oxygen atoms in total. The molecule has 1 amide bonds. The molecule has 3 heterocycles. The normalized spacial score (nSPS) is 19.5. The van der Waals surface area contributed by atoms with Crippen molar-refractivity contribution >= 4 is 22.6 Å². The topological polar surface area (TPSA) is 53.8 Å². The maximum absolute atomic E-state index is 13.5. The predicted octanol–water partition coefficient (Wildman–Crippen LogP) is 4.19. The van der Waals surface area contributed by atoms with Crippen LogP contribution < -0.4 is 9.64 Å². The molecule has 0 N–H and O–H groups in total. The second-order valence-corrected chi connectivity index (χ2v) is 10.1. The number of carbonyl (C=O) groups is 1. The Hall–Kier alpha value is -3.06. The molecule has 2 aromatic carbocycles. The zero-order valence-electron chi connectivity index (χ0n) is 21.2. The highest BCUT2D eigenvalue weighted by Gasteiger charge is 2.32. The lowest BCUT2D eigenvalue weighted by atomic mass is 9.96. The van der Waals surface area contributed by atoms with Crippen LogP contribution in [0.2, 0.25) is 0 Å². The van der Waals surface area contributed by atoms with Crippen LogP contribution >= 0.6 is 0 Å². The van der Waals surface area contributed by atoms with Crippen molar-refractivity contribution in [2.75, 3.05) is 51.3 Å². The van der Waals surface area contributed by atoms with Crippen LogP contribution in [0.3, 0.4) is 0 Å². The fourth-order valence-corrected chi connectivity index (χ4v) is 5.63. The monoisotopic (exact) mass is 475 g/mol. The summed E-state index contributed by atoms with van der Waals surface area (Å²) in [6.07, 6.45) is 2.04. The number of imidazole rings is 1. The predicted molar refractivity (Wildman–Crippen MR) is 140 cm³/mol. The molecule has 2 saturated heterocycles. The number of piperazine rings is 1. The first kappa shape index (κ1) is 23.7. The van der Waals surface area contributed by atoms with Gasteiger partial charge in [0.05, 0.1) is 30.6 Å². The van der Waals surface area contributed by atoms with Crippen molar-refractivity contribution < 1.29 is 9.53 Å². The Morgan fingerprint density at radius 2 is 1.86 bits per heavy atom. The van der Waals surface area contributed by atoms with E-state index in [-0.39, 0.29) is 5.92 Å². The molecule has 35 heavy (non-hydrogen) atoms. The van der Waals surface area contributed by atoms with Crippen LogP contribution in [0.1, 0.15) is 38.6 Å². The van der Waals surface area contributed by atoms with Gasteiger partial charge in [0.15, 0.2) is 0 Å². The summed E-state index contributed by atoms with van der Waals surface area (Å²) < 4.78 is 7.72. The lowest BCUT2D eigenvalue weighted by Gasteiger charge is -2.39. The molecule has 0 bridgehead atoms. The maximum Gasteiger partial charge on any atom is 0.227 e. The standard InChI is InChI=1S/C28H37N5O2/c1-21(2)33-26-12-5-4-11-25(26)29-27(33)20-30-13-7-8-22(19-30)28(34)32-16-14-31(15-17-32)23-9-6-10-24(18-23)35-3/h4-6,9-12,18,21-22H,7-8,13-17,19-20H2,1-3H3/t22-/m0/s1. The molecule has 0 unspecified atom stereocenters. The summed E-state index contributed by atoms with van der Waals surface area (Å²) in [5.41, 5.74) is 3.40. The van der Waals surface area contributed by atoms with E-state index in [0.29, 0.717) is 11.9 Å². The van der Waals surface area contributed by atoms with Gasteiger partial charge in [0.25, 0.3) is 0 Å². The fraction of sp³-hybridized carbons (Fsp3) is 0.500. The first-order valence-corrected chi connectivity index (χ1v) is 12.9. The number of aromatic nitrogens is 2. The number of amides is 1. The number of hydrogen-bond donors (Lipinski definition) is 0. The lowest BCUT2D eigenvalue weighted by molar-refractivity contribution is -0.137. The van der Waals surface area contributed by atoms with Crippen LogP contribution in [0.25, 0.3) is 11.0 Å². The van der Waals surface area contributed by atoms with E-state index in [4.69, 9.17) is 9.72 Å². The number of anilines is 1. The number of fused-ring (bicyclic) bond motifs is 1. The molecule has 3 aromatic rings. The second kappa shape index (κ2) is 10.3.